The van der Waals surface area contributed by atoms with Gasteiger partial charge in [0, 0.05) is 31.0 Å². The van der Waals surface area contributed by atoms with Crippen LogP contribution in [0, 0.1) is 0 Å². The van der Waals surface area contributed by atoms with Crippen molar-refractivity contribution in [2.24, 2.45) is 5.10 Å². The fraction of sp³-hybridized carbons (Fsp3) is 0.273. The van der Waals surface area contributed by atoms with Crippen LogP contribution in [0.15, 0.2) is 53.6 Å². The summed E-state index contributed by atoms with van der Waals surface area (Å²) in [5, 5.41) is 8.55. The van der Waals surface area contributed by atoms with Crippen molar-refractivity contribution in [1.29, 1.82) is 0 Å². The monoisotopic (exact) mass is 472 g/mol. The molecule has 0 fully saturated rings. The molecule has 2 aliphatic rings. The molecule has 0 radical (unpaired) electrons. The maximum atomic E-state index is 13.7. The minimum atomic E-state index is -1.45. The minimum Gasteiger partial charge on any atom is -0.494 e. The van der Waals surface area contributed by atoms with Crippen molar-refractivity contribution in [3.05, 3.63) is 59.1 Å². The second-order valence-corrected chi connectivity index (χ2v) is 8.91. The highest BCUT2D eigenvalue weighted by atomic mass is 35.5. The van der Waals surface area contributed by atoms with Gasteiger partial charge >= 0.3 is 0 Å². The molecule has 0 saturated carbocycles. The number of hydrazone groups is 1. The van der Waals surface area contributed by atoms with Gasteiger partial charge in [-0.3, -0.25) is 14.4 Å². The number of anilines is 1. The number of thioether (sulfide) groups is 1. The summed E-state index contributed by atoms with van der Waals surface area (Å²) >= 11 is 7.28. The lowest BCUT2D eigenvalue weighted by Gasteiger charge is -2.29. The van der Waals surface area contributed by atoms with Gasteiger partial charge in [0.15, 0.2) is 5.17 Å². The van der Waals surface area contributed by atoms with Crippen LogP contribution in [-0.4, -0.2) is 41.0 Å². The molecule has 0 bridgehead atoms. The predicted molar refractivity (Wildman–Crippen MR) is 123 cm³/mol. The molecule has 1 atom stereocenters. The van der Waals surface area contributed by atoms with Crippen LogP contribution in [-0.2, 0) is 19.3 Å². The Balaban J connectivity index is 1.61. The highest BCUT2D eigenvalue weighted by Crippen LogP contribution is 2.54. The predicted octanol–water partition coefficient (Wildman–Crippen LogP) is 3.31. The number of carbonyl (C=O) groups excluding carboxylic acids is 3. The molecule has 0 aliphatic carbocycles. The van der Waals surface area contributed by atoms with Gasteiger partial charge in [-0.1, -0.05) is 29.8 Å². The van der Waals surface area contributed by atoms with Gasteiger partial charge in [-0.15, -0.1) is 5.10 Å². The molecule has 8 nitrogen and oxygen atoms in total. The van der Waals surface area contributed by atoms with E-state index in [2.05, 4.69) is 10.4 Å². The number of amidine groups is 1. The van der Waals surface area contributed by atoms with Crippen LogP contribution in [0.3, 0.4) is 0 Å². The highest BCUT2D eigenvalue weighted by Gasteiger charge is 2.61. The van der Waals surface area contributed by atoms with Gasteiger partial charge in [-0.25, -0.2) is 0 Å². The second-order valence-electron chi connectivity index (χ2n) is 7.30. The molecule has 3 amide bonds. The summed E-state index contributed by atoms with van der Waals surface area (Å²) in [6, 6.07) is 14.6. The Hall–Kier alpha value is -3.04. The molecule has 2 aromatic carbocycles. The first-order valence-electron chi connectivity index (χ1n) is 9.99. The van der Waals surface area contributed by atoms with Crippen molar-refractivity contribution in [3.63, 3.8) is 0 Å². The lowest BCUT2D eigenvalue weighted by molar-refractivity contribution is -0.139. The first-order chi connectivity index (χ1) is 15.3. The summed E-state index contributed by atoms with van der Waals surface area (Å²) in [6.45, 7) is 3.47. The van der Waals surface area contributed by atoms with Crippen LogP contribution in [0.1, 0.15) is 25.8 Å². The van der Waals surface area contributed by atoms with Gasteiger partial charge in [0.25, 0.3) is 5.91 Å². The van der Waals surface area contributed by atoms with Gasteiger partial charge in [0.1, 0.15) is 5.75 Å². The van der Waals surface area contributed by atoms with E-state index >= 15 is 0 Å². The van der Waals surface area contributed by atoms with E-state index in [1.807, 2.05) is 30.3 Å². The lowest BCUT2D eigenvalue weighted by atomic mass is 10.1. The molecule has 0 unspecified atom stereocenters. The molecular formula is C22H21ClN4O4S. The summed E-state index contributed by atoms with van der Waals surface area (Å²) in [4.78, 5) is 38.0. The molecule has 0 saturated heterocycles. The number of ether oxygens (including phenoxy) is 1. The zero-order valence-corrected chi connectivity index (χ0v) is 19.1. The molecule has 4 rings (SSSR count). The van der Waals surface area contributed by atoms with E-state index in [0.717, 1.165) is 22.5 Å². The Morgan fingerprint density at radius 1 is 1.19 bits per heavy atom. The van der Waals surface area contributed by atoms with Crippen LogP contribution < -0.4 is 15.0 Å². The number of carbonyl (C=O) groups is 3. The number of fused-ring (bicyclic) bond motifs is 2. The van der Waals surface area contributed by atoms with Crippen molar-refractivity contribution in [3.8, 4) is 5.75 Å². The fourth-order valence-electron chi connectivity index (χ4n) is 3.74. The normalized spacial score (nSPS) is 19.2. The van der Waals surface area contributed by atoms with Gasteiger partial charge < -0.3 is 15.0 Å². The van der Waals surface area contributed by atoms with Gasteiger partial charge in [-0.05, 0) is 48.5 Å². The number of amides is 3. The fourth-order valence-corrected chi connectivity index (χ4v) is 5.23. The van der Waals surface area contributed by atoms with E-state index in [4.69, 9.17) is 16.3 Å². The summed E-state index contributed by atoms with van der Waals surface area (Å²) < 4.78 is 5.75. The third kappa shape index (κ3) is 3.93. The Morgan fingerprint density at radius 2 is 1.94 bits per heavy atom. The quantitative estimate of drug-likeness (QED) is 0.674. The minimum absolute atomic E-state index is 0.182. The Labute approximate surface area is 194 Å². The number of halogens is 1. The Morgan fingerprint density at radius 3 is 2.62 bits per heavy atom. The van der Waals surface area contributed by atoms with Gasteiger partial charge in [0.05, 0.1) is 12.3 Å². The first-order valence-corrected chi connectivity index (χ1v) is 11.2. The van der Waals surface area contributed by atoms with Crippen molar-refractivity contribution in [1.82, 2.24) is 10.3 Å². The molecule has 0 aromatic heterocycles. The average molecular weight is 473 g/mol. The molecule has 2 aliphatic heterocycles. The summed E-state index contributed by atoms with van der Waals surface area (Å²) in [6.07, 6.45) is 0.572. The molecule has 2 aromatic rings. The van der Waals surface area contributed by atoms with Crippen LogP contribution in [0.25, 0.3) is 0 Å². The third-order valence-corrected chi connectivity index (χ3v) is 6.48. The molecular weight excluding hydrogens is 452 g/mol. The van der Waals surface area contributed by atoms with E-state index in [9.17, 15) is 14.4 Å². The number of para-hydroxylation sites is 1. The van der Waals surface area contributed by atoms with Crippen LogP contribution in [0.5, 0.6) is 5.75 Å². The van der Waals surface area contributed by atoms with E-state index in [-0.39, 0.29) is 17.0 Å². The van der Waals surface area contributed by atoms with Crippen molar-refractivity contribution < 1.29 is 19.1 Å². The van der Waals surface area contributed by atoms with Crippen molar-refractivity contribution in [2.45, 2.75) is 25.1 Å². The van der Waals surface area contributed by atoms with Gasteiger partial charge in [-0.2, -0.15) is 5.01 Å². The lowest BCUT2D eigenvalue weighted by Crippen LogP contribution is -2.48. The number of benzene rings is 2. The molecule has 32 heavy (non-hydrogen) atoms. The summed E-state index contributed by atoms with van der Waals surface area (Å²) in [7, 11) is 0. The largest absolute Gasteiger partial charge is 0.494 e. The van der Waals surface area contributed by atoms with E-state index in [1.165, 1.54) is 13.8 Å². The van der Waals surface area contributed by atoms with Crippen molar-refractivity contribution >= 4 is 51.9 Å². The zero-order chi connectivity index (χ0) is 22.9. The molecule has 10 heteroatoms. The number of rotatable bonds is 5. The molecule has 166 valence electrons. The Bertz CT molecular complexity index is 1110. The number of nitrogens with one attached hydrogen (secondary N) is 1. The average Bonchev–Trinajstić information content (AvgIpc) is 3.23. The van der Waals surface area contributed by atoms with Crippen molar-refractivity contribution in [2.75, 3.05) is 18.1 Å². The van der Waals surface area contributed by atoms with E-state index in [0.29, 0.717) is 35.8 Å². The summed E-state index contributed by atoms with van der Waals surface area (Å²) in [5.41, 5.74) is 1.21. The van der Waals surface area contributed by atoms with E-state index < -0.39 is 10.8 Å². The molecule has 1 spiro atoms. The maximum absolute atomic E-state index is 13.7. The maximum Gasteiger partial charge on any atom is 0.270 e. The highest BCUT2D eigenvalue weighted by molar-refractivity contribution is 8.15. The van der Waals surface area contributed by atoms with Crippen LogP contribution in [0.4, 0.5) is 5.69 Å². The zero-order valence-electron chi connectivity index (χ0n) is 17.5. The van der Waals surface area contributed by atoms with Crippen LogP contribution >= 0.6 is 23.4 Å². The second kappa shape index (κ2) is 8.84. The summed E-state index contributed by atoms with van der Waals surface area (Å²) in [5.74, 6) is -0.333. The van der Waals surface area contributed by atoms with E-state index in [1.54, 1.807) is 23.1 Å². The molecule has 2 heterocycles. The molecule has 1 N–H and O–H groups in total. The first kappa shape index (κ1) is 22.2. The SMILES string of the molecule is CC(=O)NC1=NN(C(C)=O)[C@]2(S1)C(=O)N(CCCOc1ccccc1)c1ccc(Cl)cc12. The van der Waals surface area contributed by atoms with Crippen LogP contribution in [0.2, 0.25) is 5.02 Å². The topological polar surface area (TPSA) is 91.3 Å². The smallest absolute Gasteiger partial charge is 0.270 e. The Kier molecular flexibility index (Phi) is 6.12. The number of hydrogen-bond acceptors (Lipinski definition) is 6. The third-order valence-electron chi connectivity index (χ3n) is 5.00. The number of hydrogen-bond donors (Lipinski definition) is 1. The standard InChI is InChI=1S/C22H21ClN4O4S/c1-14(28)24-21-25-27(15(2)29)22(32-21)18-13-16(23)9-10-19(18)26(20(22)30)11-6-12-31-17-7-4-3-5-8-17/h3-5,7-10,13H,6,11-12H2,1-2H3,(H,24,25,28)/t22-/m1/s1. The number of nitrogens with zero attached hydrogens (tertiary/aromatic N) is 3. The van der Waals surface area contributed by atoms with Gasteiger partial charge in [0.2, 0.25) is 16.7 Å².